The lowest BCUT2D eigenvalue weighted by Crippen LogP contribution is -2.40. The number of carbonyl (C=O) groups excluding carboxylic acids is 1. The lowest BCUT2D eigenvalue weighted by Gasteiger charge is -2.14. The first kappa shape index (κ1) is 17.9. The number of anilines is 1. The summed E-state index contributed by atoms with van der Waals surface area (Å²) in [5.41, 5.74) is 0. The number of aromatic nitrogens is 4. The minimum absolute atomic E-state index is 0.115. The molecule has 0 aromatic carbocycles. The summed E-state index contributed by atoms with van der Waals surface area (Å²) in [6.07, 6.45) is 2.74. The van der Waals surface area contributed by atoms with Crippen molar-refractivity contribution in [1.82, 2.24) is 24.2 Å². The van der Waals surface area contributed by atoms with Crippen LogP contribution in [0, 0.1) is 0 Å². The molecule has 3 heterocycles. The van der Waals surface area contributed by atoms with Crippen LogP contribution in [-0.4, -0.2) is 53.4 Å². The van der Waals surface area contributed by atoms with Gasteiger partial charge in [0.2, 0.25) is 29.0 Å². The molecule has 2 aromatic heterocycles. The number of ether oxygens (including phenoxy) is 2. The fraction of sp³-hybridized carbons (Fsp3) is 0.250. The standard InChI is InChI=1S/C12H12ClN7O5S/c1-24-6-5-7(25-2)16-10(15-6)18-12(21)19-26(22,23)9-8(13)17-11-14-3-4-20(9)11/h3-5,9H,1-2H3,(H2,15,16,18,19,21). The number of halogens is 1. The summed E-state index contributed by atoms with van der Waals surface area (Å²) in [6, 6.07) is 0.285. The third kappa shape index (κ3) is 3.39. The van der Waals surface area contributed by atoms with Crippen molar-refractivity contribution < 1.29 is 22.7 Å². The van der Waals surface area contributed by atoms with Gasteiger partial charge in [0.1, 0.15) is 0 Å². The minimum atomic E-state index is -4.26. The van der Waals surface area contributed by atoms with Gasteiger partial charge in [-0.1, -0.05) is 11.6 Å². The number of methoxy groups -OCH3 is 2. The third-order valence-electron chi connectivity index (χ3n) is 3.16. The number of nitrogens with one attached hydrogen (secondary N) is 2. The van der Waals surface area contributed by atoms with Crippen LogP contribution in [0.1, 0.15) is 5.37 Å². The van der Waals surface area contributed by atoms with E-state index in [1.54, 1.807) is 0 Å². The van der Waals surface area contributed by atoms with Crippen LogP contribution in [-0.2, 0) is 10.0 Å². The van der Waals surface area contributed by atoms with E-state index >= 15 is 0 Å². The number of rotatable bonds is 5. The van der Waals surface area contributed by atoms with Crippen molar-refractivity contribution in [3.63, 3.8) is 0 Å². The number of imidazole rings is 1. The van der Waals surface area contributed by atoms with E-state index in [-0.39, 0.29) is 28.8 Å². The van der Waals surface area contributed by atoms with Crippen LogP contribution in [0.15, 0.2) is 23.5 Å². The van der Waals surface area contributed by atoms with Crippen LogP contribution in [0.2, 0.25) is 0 Å². The van der Waals surface area contributed by atoms with Crippen LogP contribution in [0.3, 0.4) is 0 Å². The van der Waals surface area contributed by atoms with Crippen molar-refractivity contribution >= 4 is 44.7 Å². The van der Waals surface area contributed by atoms with Crippen molar-refractivity contribution in [3.05, 3.63) is 18.5 Å². The van der Waals surface area contributed by atoms with Crippen LogP contribution in [0.4, 0.5) is 16.7 Å². The molecular weight excluding hydrogens is 390 g/mol. The van der Waals surface area contributed by atoms with E-state index in [0.29, 0.717) is 0 Å². The van der Waals surface area contributed by atoms with Gasteiger partial charge in [-0.3, -0.25) is 9.88 Å². The average Bonchev–Trinajstić information content (AvgIpc) is 3.13. The minimum Gasteiger partial charge on any atom is -0.481 e. The Balaban J connectivity index is 1.77. The zero-order valence-electron chi connectivity index (χ0n) is 13.4. The van der Waals surface area contributed by atoms with Gasteiger partial charge in [0, 0.05) is 12.4 Å². The Bertz CT molecular complexity index is 967. The highest BCUT2D eigenvalue weighted by Gasteiger charge is 2.38. The van der Waals surface area contributed by atoms with E-state index in [9.17, 15) is 13.2 Å². The largest absolute Gasteiger partial charge is 0.481 e. The Morgan fingerprint density at radius 3 is 2.54 bits per heavy atom. The monoisotopic (exact) mass is 401 g/mol. The van der Waals surface area contributed by atoms with Gasteiger partial charge in [0.05, 0.1) is 20.3 Å². The summed E-state index contributed by atoms with van der Waals surface area (Å²) in [5, 5.41) is 0.532. The number of urea groups is 1. The molecule has 0 spiro atoms. The molecule has 26 heavy (non-hydrogen) atoms. The second kappa shape index (κ2) is 6.76. The van der Waals surface area contributed by atoms with Crippen molar-refractivity contribution in [2.45, 2.75) is 5.37 Å². The summed E-state index contributed by atoms with van der Waals surface area (Å²) >= 11 is 5.87. The number of amides is 2. The third-order valence-corrected chi connectivity index (χ3v) is 5.09. The molecule has 138 valence electrons. The molecule has 0 fully saturated rings. The number of hydrogen-bond acceptors (Lipinski definition) is 9. The Labute approximate surface area is 152 Å². The van der Waals surface area contributed by atoms with E-state index in [2.05, 4.69) is 25.3 Å². The highest BCUT2D eigenvalue weighted by atomic mass is 35.5. The second-order valence-corrected chi connectivity index (χ2v) is 6.93. The van der Waals surface area contributed by atoms with Gasteiger partial charge in [0.25, 0.3) is 10.0 Å². The zero-order chi connectivity index (χ0) is 18.9. The summed E-state index contributed by atoms with van der Waals surface area (Å²) < 4.78 is 37.9. The van der Waals surface area contributed by atoms with Crippen LogP contribution < -0.4 is 19.5 Å². The fourth-order valence-electron chi connectivity index (χ4n) is 2.10. The van der Waals surface area contributed by atoms with Crippen molar-refractivity contribution in [1.29, 1.82) is 0 Å². The maximum atomic E-state index is 12.5. The van der Waals surface area contributed by atoms with Crippen LogP contribution in [0.25, 0.3) is 0 Å². The van der Waals surface area contributed by atoms with Gasteiger partial charge in [0.15, 0.2) is 5.17 Å². The highest BCUT2D eigenvalue weighted by molar-refractivity contribution is 7.91. The number of carbonyl (C=O) groups is 1. The lowest BCUT2D eigenvalue weighted by atomic mass is 10.6. The predicted molar refractivity (Wildman–Crippen MR) is 90.4 cm³/mol. The Morgan fingerprint density at radius 1 is 1.27 bits per heavy atom. The number of sulfonamides is 1. The van der Waals surface area contributed by atoms with E-state index in [1.807, 2.05) is 4.72 Å². The molecule has 0 radical (unpaired) electrons. The van der Waals surface area contributed by atoms with Gasteiger partial charge in [-0.05, 0) is 0 Å². The van der Waals surface area contributed by atoms with Gasteiger partial charge in [-0.15, -0.1) is 0 Å². The summed E-state index contributed by atoms with van der Waals surface area (Å²) in [7, 11) is -1.54. The molecule has 2 N–H and O–H groups in total. The Hall–Kier alpha value is -2.93. The molecule has 1 aliphatic heterocycles. The molecule has 3 rings (SSSR count). The van der Waals surface area contributed by atoms with Crippen molar-refractivity contribution in [3.8, 4) is 11.8 Å². The molecule has 1 atom stereocenters. The topological polar surface area (TPSA) is 150 Å². The lowest BCUT2D eigenvalue weighted by molar-refractivity contribution is 0.256. The normalized spacial score (nSPS) is 15.8. The van der Waals surface area contributed by atoms with Gasteiger partial charge < -0.3 is 9.47 Å². The van der Waals surface area contributed by atoms with E-state index in [1.165, 1.54) is 37.2 Å². The molecule has 1 aliphatic rings. The van der Waals surface area contributed by atoms with Gasteiger partial charge >= 0.3 is 6.03 Å². The fourth-order valence-corrected chi connectivity index (χ4v) is 3.82. The maximum Gasteiger partial charge on any atom is 0.335 e. The molecule has 2 amide bonds. The highest BCUT2D eigenvalue weighted by Crippen LogP contribution is 2.31. The number of fused-ring (bicyclic) bond motifs is 1. The van der Waals surface area contributed by atoms with Crippen molar-refractivity contribution in [2.24, 2.45) is 4.99 Å². The molecule has 2 aromatic rings. The molecular formula is C12H12ClN7O5S. The number of nitrogens with zero attached hydrogens (tertiary/aromatic N) is 5. The zero-order valence-corrected chi connectivity index (χ0v) is 14.9. The maximum absolute atomic E-state index is 12.5. The smallest absolute Gasteiger partial charge is 0.335 e. The number of aliphatic imine (C=N–C) groups is 1. The van der Waals surface area contributed by atoms with E-state index in [0.717, 1.165) is 0 Å². The van der Waals surface area contributed by atoms with Gasteiger partial charge in [-0.2, -0.15) is 9.97 Å². The average molecular weight is 402 g/mol. The van der Waals surface area contributed by atoms with Crippen LogP contribution >= 0.6 is 11.6 Å². The Kier molecular flexibility index (Phi) is 4.65. The first-order chi connectivity index (χ1) is 12.3. The molecule has 0 saturated carbocycles. The molecule has 0 aliphatic carbocycles. The molecule has 14 heteroatoms. The SMILES string of the molecule is COc1cc(OC)nc(NC(=O)NS(=O)(=O)C2C(Cl)=Nc3nccn32)n1. The predicted octanol–water partition coefficient (Wildman–Crippen LogP) is 0.623. The van der Waals surface area contributed by atoms with E-state index in [4.69, 9.17) is 21.1 Å². The van der Waals surface area contributed by atoms with Gasteiger partial charge in [-0.25, -0.2) is 27.9 Å². The molecule has 0 saturated heterocycles. The summed E-state index contributed by atoms with van der Waals surface area (Å²) in [4.78, 5) is 27.5. The molecule has 1 unspecified atom stereocenters. The first-order valence-corrected chi connectivity index (χ1v) is 8.83. The van der Waals surface area contributed by atoms with E-state index < -0.39 is 21.4 Å². The first-order valence-electron chi connectivity index (χ1n) is 6.90. The molecule has 12 nitrogen and oxygen atoms in total. The van der Waals surface area contributed by atoms with Crippen LogP contribution in [0.5, 0.6) is 11.8 Å². The quantitative estimate of drug-likeness (QED) is 0.740. The summed E-state index contributed by atoms with van der Waals surface area (Å²) in [5.74, 6) is 0.128. The molecule has 0 bridgehead atoms. The van der Waals surface area contributed by atoms with Crippen molar-refractivity contribution in [2.75, 3.05) is 19.5 Å². The number of hydrogen-bond donors (Lipinski definition) is 2. The Morgan fingerprint density at radius 2 is 1.92 bits per heavy atom. The second-order valence-electron chi connectivity index (χ2n) is 4.80. The summed E-state index contributed by atoms with van der Waals surface area (Å²) in [6.45, 7) is 0.